The molecule has 78 valence electrons. The van der Waals surface area contributed by atoms with E-state index in [9.17, 15) is 26.3 Å². The van der Waals surface area contributed by atoms with Crippen LogP contribution in [0.2, 0.25) is 0 Å². The molecule has 0 nitrogen and oxygen atoms in total. The van der Waals surface area contributed by atoms with Gasteiger partial charge in [-0.1, -0.05) is 0 Å². The number of rotatable bonds is 0. The number of hydrogen-bond acceptors (Lipinski definition) is 0. The molecule has 14 heavy (non-hydrogen) atoms. The van der Waals surface area contributed by atoms with Crippen LogP contribution < -0.4 is 0 Å². The number of hydrogen-bond donors (Lipinski definition) is 0. The van der Waals surface area contributed by atoms with Gasteiger partial charge in [0.15, 0.2) is 11.6 Å². The Balaban J connectivity index is 3.53. The molecule has 0 bridgehead atoms. The molecular formula is C7HBrF6. The fraction of sp³-hybridized carbons (Fsp3) is 0.143. The number of benzene rings is 1. The van der Waals surface area contributed by atoms with Crippen molar-refractivity contribution in [1.29, 1.82) is 0 Å². The van der Waals surface area contributed by atoms with Gasteiger partial charge in [-0.15, -0.1) is 0 Å². The fourth-order valence-corrected chi connectivity index (χ4v) is 1.20. The molecule has 1 aromatic carbocycles. The van der Waals surface area contributed by atoms with Crippen molar-refractivity contribution in [3.63, 3.8) is 0 Å². The third kappa shape index (κ3) is 1.87. The SMILES string of the molecule is Fc1cc(Br)c(F)c(F)c1C(F)(F)F. The largest absolute Gasteiger partial charge is 0.422 e. The van der Waals surface area contributed by atoms with Gasteiger partial charge in [-0.25, -0.2) is 13.2 Å². The van der Waals surface area contributed by atoms with E-state index in [2.05, 4.69) is 15.9 Å². The van der Waals surface area contributed by atoms with Crippen molar-refractivity contribution in [3.05, 3.63) is 33.6 Å². The first-order valence-corrected chi connectivity index (χ1v) is 3.94. The molecule has 0 aliphatic heterocycles. The van der Waals surface area contributed by atoms with E-state index in [1.807, 2.05) is 0 Å². The lowest BCUT2D eigenvalue weighted by molar-refractivity contribution is -0.142. The van der Waals surface area contributed by atoms with Crippen LogP contribution in [0.1, 0.15) is 5.56 Å². The van der Waals surface area contributed by atoms with E-state index in [0.717, 1.165) is 0 Å². The van der Waals surface area contributed by atoms with Gasteiger partial charge in [0.25, 0.3) is 0 Å². The maximum absolute atomic E-state index is 12.7. The first kappa shape index (κ1) is 11.4. The molecule has 0 spiro atoms. The minimum absolute atomic E-state index is 0.223. The third-order valence-corrected chi connectivity index (χ3v) is 1.97. The maximum Gasteiger partial charge on any atom is 0.422 e. The fourth-order valence-electron chi connectivity index (χ4n) is 0.826. The highest BCUT2D eigenvalue weighted by atomic mass is 79.9. The second-order valence-corrected chi connectivity index (χ2v) is 3.20. The van der Waals surface area contributed by atoms with Crippen LogP contribution in [-0.4, -0.2) is 0 Å². The van der Waals surface area contributed by atoms with Gasteiger partial charge in [0.1, 0.15) is 11.4 Å². The van der Waals surface area contributed by atoms with Crippen LogP contribution in [0, 0.1) is 17.5 Å². The van der Waals surface area contributed by atoms with E-state index in [1.165, 1.54) is 0 Å². The first-order valence-electron chi connectivity index (χ1n) is 3.15. The molecule has 0 unspecified atom stereocenters. The van der Waals surface area contributed by atoms with E-state index >= 15 is 0 Å². The molecule has 0 fully saturated rings. The van der Waals surface area contributed by atoms with Crippen molar-refractivity contribution < 1.29 is 26.3 Å². The van der Waals surface area contributed by atoms with Crippen LogP contribution in [-0.2, 0) is 6.18 Å². The monoisotopic (exact) mass is 278 g/mol. The summed E-state index contributed by atoms with van der Waals surface area (Å²) in [7, 11) is 0. The van der Waals surface area contributed by atoms with Crippen molar-refractivity contribution >= 4 is 15.9 Å². The Bertz CT molecular complexity index is 369. The molecule has 0 N–H and O–H groups in total. The topological polar surface area (TPSA) is 0 Å². The predicted octanol–water partition coefficient (Wildman–Crippen LogP) is 3.89. The molecule has 7 heteroatoms. The van der Waals surface area contributed by atoms with Crippen LogP contribution in [0.4, 0.5) is 26.3 Å². The van der Waals surface area contributed by atoms with Crippen molar-refractivity contribution in [3.8, 4) is 0 Å². The van der Waals surface area contributed by atoms with Crippen LogP contribution in [0.25, 0.3) is 0 Å². The highest BCUT2D eigenvalue weighted by molar-refractivity contribution is 9.10. The average Bonchev–Trinajstić information content (AvgIpc) is 1.97. The normalized spacial score (nSPS) is 11.9. The zero-order chi connectivity index (χ0) is 11.1. The Morgan fingerprint density at radius 1 is 1.00 bits per heavy atom. The van der Waals surface area contributed by atoms with E-state index in [1.54, 1.807) is 0 Å². The summed E-state index contributed by atoms with van der Waals surface area (Å²) in [5, 5.41) is 0. The van der Waals surface area contributed by atoms with Gasteiger partial charge in [-0.05, 0) is 22.0 Å². The zero-order valence-electron chi connectivity index (χ0n) is 6.22. The Kier molecular flexibility index (Phi) is 2.80. The third-order valence-electron chi connectivity index (χ3n) is 1.40. The summed E-state index contributed by atoms with van der Waals surface area (Å²) in [5.41, 5.74) is -2.22. The van der Waals surface area contributed by atoms with Crippen LogP contribution in [0.5, 0.6) is 0 Å². The lowest BCUT2D eigenvalue weighted by Crippen LogP contribution is -2.13. The van der Waals surface area contributed by atoms with Crippen LogP contribution in [0.3, 0.4) is 0 Å². The molecule has 0 saturated carbocycles. The number of halogens is 7. The summed E-state index contributed by atoms with van der Waals surface area (Å²) in [6, 6.07) is 0.223. The van der Waals surface area contributed by atoms with Crippen molar-refractivity contribution in [2.24, 2.45) is 0 Å². The van der Waals surface area contributed by atoms with Gasteiger partial charge in [-0.3, -0.25) is 0 Å². The molecule has 0 atom stereocenters. The van der Waals surface area contributed by atoms with Gasteiger partial charge < -0.3 is 0 Å². The zero-order valence-corrected chi connectivity index (χ0v) is 7.81. The van der Waals surface area contributed by atoms with Gasteiger partial charge in [0.05, 0.1) is 4.47 Å². The Morgan fingerprint density at radius 3 is 1.93 bits per heavy atom. The lowest BCUT2D eigenvalue weighted by atomic mass is 10.2. The Hall–Kier alpha value is -0.720. The van der Waals surface area contributed by atoms with E-state index < -0.39 is 33.7 Å². The maximum atomic E-state index is 12.7. The van der Waals surface area contributed by atoms with Crippen LogP contribution >= 0.6 is 15.9 Å². The minimum Gasteiger partial charge on any atom is -0.206 e. The predicted molar refractivity (Wildman–Crippen MR) is 39.0 cm³/mol. The molecule has 1 aromatic rings. The highest BCUT2D eigenvalue weighted by Crippen LogP contribution is 2.36. The van der Waals surface area contributed by atoms with Gasteiger partial charge >= 0.3 is 6.18 Å². The van der Waals surface area contributed by atoms with Gasteiger partial charge in [0.2, 0.25) is 0 Å². The Labute approximate surface area is 82.7 Å². The van der Waals surface area contributed by atoms with Crippen molar-refractivity contribution in [2.45, 2.75) is 6.18 Å². The first-order chi connectivity index (χ1) is 6.25. The summed E-state index contributed by atoms with van der Waals surface area (Å²) in [5.74, 6) is -5.87. The molecule has 0 aliphatic carbocycles. The summed E-state index contributed by atoms with van der Waals surface area (Å²) < 4.78 is 73.1. The smallest absolute Gasteiger partial charge is 0.206 e. The summed E-state index contributed by atoms with van der Waals surface area (Å²) in [6.45, 7) is 0. The minimum atomic E-state index is -5.25. The van der Waals surface area contributed by atoms with Crippen LogP contribution in [0.15, 0.2) is 10.5 Å². The second-order valence-electron chi connectivity index (χ2n) is 2.34. The molecule has 0 heterocycles. The van der Waals surface area contributed by atoms with Crippen molar-refractivity contribution in [2.75, 3.05) is 0 Å². The van der Waals surface area contributed by atoms with E-state index in [-0.39, 0.29) is 6.07 Å². The number of alkyl halides is 3. The molecule has 0 amide bonds. The van der Waals surface area contributed by atoms with Crippen molar-refractivity contribution in [1.82, 2.24) is 0 Å². The molecule has 0 aromatic heterocycles. The molecule has 0 aliphatic rings. The molecule has 0 saturated heterocycles. The summed E-state index contributed by atoms with van der Waals surface area (Å²) in [6.07, 6.45) is -5.25. The highest BCUT2D eigenvalue weighted by Gasteiger charge is 2.39. The quantitative estimate of drug-likeness (QED) is 0.384. The summed E-state index contributed by atoms with van der Waals surface area (Å²) >= 11 is 2.38. The van der Waals surface area contributed by atoms with E-state index in [0.29, 0.717) is 0 Å². The summed E-state index contributed by atoms with van der Waals surface area (Å²) in [4.78, 5) is 0. The molecule has 0 radical (unpaired) electrons. The molecular weight excluding hydrogens is 278 g/mol. The van der Waals surface area contributed by atoms with Gasteiger partial charge in [0, 0.05) is 0 Å². The van der Waals surface area contributed by atoms with Gasteiger partial charge in [-0.2, -0.15) is 13.2 Å². The molecule has 1 rings (SSSR count). The van der Waals surface area contributed by atoms with E-state index in [4.69, 9.17) is 0 Å². The Morgan fingerprint density at radius 2 is 1.50 bits per heavy atom. The average molecular weight is 279 g/mol. The lowest BCUT2D eigenvalue weighted by Gasteiger charge is -2.10. The standard InChI is InChI=1S/C7HBrF6/c8-2-1-3(9)4(7(12,13)14)6(11)5(2)10/h1H. The second kappa shape index (κ2) is 3.45.